The van der Waals surface area contributed by atoms with Crippen LogP contribution in [0.3, 0.4) is 0 Å². The van der Waals surface area contributed by atoms with Crippen molar-refractivity contribution in [2.45, 2.75) is 13.0 Å². The normalized spacial score (nSPS) is 12.2. The first-order valence-electron chi connectivity index (χ1n) is 4.13. The van der Waals surface area contributed by atoms with Gasteiger partial charge in [-0.1, -0.05) is 12.6 Å². The monoisotopic (exact) mass is 178 g/mol. The molecule has 0 saturated heterocycles. The summed E-state index contributed by atoms with van der Waals surface area (Å²) < 4.78 is 0. The second-order valence-corrected chi connectivity index (χ2v) is 2.88. The third-order valence-corrected chi connectivity index (χ3v) is 1.96. The van der Waals surface area contributed by atoms with E-state index < -0.39 is 6.10 Å². The number of aliphatic hydroxyl groups is 1. The van der Waals surface area contributed by atoms with E-state index in [4.69, 9.17) is 0 Å². The third-order valence-electron chi connectivity index (χ3n) is 1.96. The lowest BCUT2D eigenvalue weighted by Crippen LogP contribution is -2.15. The quantitative estimate of drug-likeness (QED) is 0.730. The fourth-order valence-electron chi connectivity index (χ4n) is 1.09. The van der Waals surface area contributed by atoms with Crippen molar-refractivity contribution in [3.8, 4) is 0 Å². The van der Waals surface area contributed by atoms with E-state index in [-0.39, 0.29) is 0 Å². The molecule has 0 amide bonds. The summed E-state index contributed by atoms with van der Waals surface area (Å²) in [5.41, 5.74) is 2.18. The summed E-state index contributed by atoms with van der Waals surface area (Å²) in [7, 11) is 1.73. The summed E-state index contributed by atoms with van der Waals surface area (Å²) in [6.45, 7) is 5.60. The molecule has 3 nitrogen and oxygen atoms in total. The van der Waals surface area contributed by atoms with Crippen molar-refractivity contribution >= 4 is 0 Å². The number of rotatable bonds is 3. The first-order valence-corrected chi connectivity index (χ1v) is 4.13. The van der Waals surface area contributed by atoms with Crippen LogP contribution in [0, 0.1) is 6.92 Å². The zero-order chi connectivity index (χ0) is 9.84. The lowest BCUT2D eigenvalue weighted by molar-refractivity contribution is 0.203. The minimum absolute atomic E-state index is 0.557. The van der Waals surface area contributed by atoms with Gasteiger partial charge in [0.25, 0.3) is 0 Å². The van der Waals surface area contributed by atoms with E-state index in [2.05, 4.69) is 16.9 Å². The summed E-state index contributed by atoms with van der Waals surface area (Å²) in [5, 5.41) is 12.6. The Kier molecular flexibility index (Phi) is 3.03. The van der Waals surface area contributed by atoms with Gasteiger partial charge in [-0.3, -0.25) is 4.98 Å². The zero-order valence-corrected chi connectivity index (χ0v) is 7.91. The number of nitrogens with one attached hydrogen (secondary N) is 1. The molecule has 70 valence electrons. The first kappa shape index (κ1) is 9.74. The molecule has 0 aromatic carbocycles. The fraction of sp³-hybridized carbons (Fsp3) is 0.300. The van der Waals surface area contributed by atoms with Gasteiger partial charge < -0.3 is 10.4 Å². The molecular formula is C10H14N2O. The van der Waals surface area contributed by atoms with E-state index >= 15 is 0 Å². The molecule has 1 atom stereocenters. The summed E-state index contributed by atoms with van der Waals surface area (Å²) in [6.07, 6.45) is 0.931. The van der Waals surface area contributed by atoms with Gasteiger partial charge in [-0.15, -0.1) is 0 Å². The van der Waals surface area contributed by atoms with E-state index in [0.29, 0.717) is 11.4 Å². The van der Waals surface area contributed by atoms with E-state index in [1.807, 2.05) is 19.1 Å². The summed E-state index contributed by atoms with van der Waals surface area (Å²) in [6, 6.07) is 3.75. The number of aromatic nitrogens is 1. The predicted molar refractivity (Wildman–Crippen MR) is 52.1 cm³/mol. The van der Waals surface area contributed by atoms with Crippen molar-refractivity contribution in [2.75, 3.05) is 7.05 Å². The van der Waals surface area contributed by atoms with Crippen LogP contribution in [0.4, 0.5) is 0 Å². The van der Waals surface area contributed by atoms with Gasteiger partial charge in [0.1, 0.15) is 6.10 Å². The molecule has 1 aromatic rings. The van der Waals surface area contributed by atoms with Gasteiger partial charge >= 0.3 is 0 Å². The van der Waals surface area contributed by atoms with E-state index in [1.54, 1.807) is 13.2 Å². The fourth-order valence-corrected chi connectivity index (χ4v) is 1.09. The van der Waals surface area contributed by atoms with Crippen LogP contribution >= 0.6 is 0 Å². The second-order valence-electron chi connectivity index (χ2n) is 2.88. The molecular weight excluding hydrogens is 164 g/mol. The smallest absolute Gasteiger partial charge is 0.135 e. The maximum Gasteiger partial charge on any atom is 0.135 e. The Bertz CT molecular complexity index is 310. The number of pyridine rings is 1. The topological polar surface area (TPSA) is 45.1 Å². The number of hydrogen-bond acceptors (Lipinski definition) is 3. The molecule has 0 saturated carbocycles. The highest BCUT2D eigenvalue weighted by Crippen LogP contribution is 2.18. The van der Waals surface area contributed by atoms with Crippen molar-refractivity contribution in [3.63, 3.8) is 0 Å². The molecule has 0 radical (unpaired) electrons. The van der Waals surface area contributed by atoms with Gasteiger partial charge in [0.15, 0.2) is 0 Å². The Balaban J connectivity index is 2.95. The predicted octanol–water partition coefficient (Wildman–Crippen LogP) is 1.16. The standard InChI is InChI=1S/C10H14N2O/c1-7-5-4-6-12-9(7)10(13)8(2)11-3/h4-6,10-11,13H,2H2,1,3H3. The Morgan fingerprint density at radius 3 is 2.92 bits per heavy atom. The Hall–Kier alpha value is -1.35. The average Bonchev–Trinajstić information content (AvgIpc) is 2.16. The lowest BCUT2D eigenvalue weighted by Gasteiger charge is -2.14. The van der Waals surface area contributed by atoms with Crippen molar-refractivity contribution in [1.82, 2.24) is 10.3 Å². The highest BCUT2D eigenvalue weighted by atomic mass is 16.3. The third kappa shape index (κ3) is 2.06. The first-order chi connectivity index (χ1) is 6.16. The Morgan fingerprint density at radius 2 is 2.38 bits per heavy atom. The molecule has 0 fully saturated rings. The average molecular weight is 178 g/mol. The SMILES string of the molecule is C=C(NC)C(O)c1ncccc1C. The summed E-state index contributed by atoms with van der Waals surface area (Å²) in [5.74, 6) is 0. The molecule has 2 N–H and O–H groups in total. The van der Waals surface area contributed by atoms with Crippen LogP contribution in [0.1, 0.15) is 17.4 Å². The number of aliphatic hydroxyl groups excluding tert-OH is 1. The van der Waals surface area contributed by atoms with Crippen molar-refractivity contribution in [2.24, 2.45) is 0 Å². The van der Waals surface area contributed by atoms with Crippen LogP contribution in [-0.4, -0.2) is 17.1 Å². The summed E-state index contributed by atoms with van der Waals surface area (Å²) in [4.78, 5) is 4.10. The van der Waals surface area contributed by atoms with Crippen LogP contribution in [-0.2, 0) is 0 Å². The molecule has 0 aliphatic carbocycles. The van der Waals surface area contributed by atoms with Gasteiger partial charge in [0.05, 0.1) is 5.69 Å². The molecule has 1 unspecified atom stereocenters. The van der Waals surface area contributed by atoms with Crippen LogP contribution in [0.25, 0.3) is 0 Å². The van der Waals surface area contributed by atoms with Crippen LogP contribution < -0.4 is 5.32 Å². The van der Waals surface area contributed by atoms with Gasteiger partial charge in [-0.05, 0) is 18.6 Å². The molecule has 3 heteroatoms. The van der Waals surface area contributed by atoms with Gasteiger partial charge in [0.2, 0.25) is 0 Å². The zero-order valence-electron chi connectivity index (χ0n) is 7.91. The highest BCUT2D eigenvalue weighted by Gasteiger charge is 2.13. The van der Waals surface area contributed by atoms with Crippen molar-refractivity contribution < 1.29 is 5.11 Å². The van der Waals surface area contributed by atoms with Crippen LogP contribution in [0.15, 0.2) is 30.6 Å². The molecule has 0 bridgehead atoms. The Morgan fingerprint density at radius 1 is 1.69 bits per heavy atom. The molecule has 0 spiro atoms. The molecule has 1 rings (SSSR count). The van der Waals surface area contributed by atoms with Crippen LogP contribution in [0.2, 0.25) is 0 Å². The highest BCUT2D eigenvalue weighted by molar-refractivity contribution is 5.24. The van der Waals surface area contributed by atoms with Crippen LogP contribution in [0.5, 0.6) is 0 Å². The lowest BCUT2D eigenvalue weighted by atomic mass is 10.1. The maximum atomic E-state index is 9.75. The minimum atomic E-state index is -0.730. The Labute approximate surface area is 78.1 Å². The van der Waals surface area contributed by atoms with Gasteiger partial charge in [-0.2, -0.15) is 0 Å². The largest absolute Gasteiger partial charge is 0.389 e. The van der Waals surface area contributed by atoms with Crippen molar-refractivity contribution in [3.05, 3.63) is 41.9 Å². The van der Waals surface area contributed by atoms with Gasteiger partial charge in [-0.25, -0.2) is 0 Å². The van der Waals surface area contributed by atoms with Gasteiger partial charge in [0, 0.05) is 18.9 Å². The molecule has 13 heavy (non-hydrogen) atoms. The molecule has 1 heterocycles. The number of nitrogens with zero attached hydrogens (tertiary/aromatic N) is 1. The van der Waals surface area contributed by atoms with E-state index in [1.165, 1.54) is 0 Å². The maximum absolute atomic E-state index is 9.75. The molecule has 0 aliphatic heterocycles. The van der Waals surface area contributed by atoms with Crippen molar-refractivity contribution in [1.29, 1.82) is 0 Å². The van der Waals surface area contributed by atoms with E-state index in [9.17, 15) is 5.11 Å². The number of aryl methyl sites for hydroxylation is 1. The number of likely N-dealkylation sites (N-methyl/N-ethyl adjacent to an activating group) is 1. The second kappa shape index (κ2) is 4.05. The number of hydrogen-bond donors (Lipinski definition) is 2. The molecule has 1 aromatic heterocycles. The summed E-state index contributed by atoms with van der Waals surface area (Å²) >= 11 is 0. The van der Waals surface area contributed by atoms with E-state index in [0.717, 1.165) is 5.56 Å². The minimum Gasteiger partial charge on any atom is -0.389 e. The molecule has 0 aliphatic rings.